The van der Waals surface area contributed by atoms with Crippen LogP contribution in [0.3, 0.4) is 0 Å². The molecule has 2 aliphatic heterocycles. The molecule has 0 amide bonds. The maximum atomic E-state index is 14.6. The molecule has 1 aromatic heterocycles. The van der Waals surface area contributed by atoms with E-state index in [2.05, 4.69) is 39.3 Å². The predicted molar refractivity (Wildman–Crippen MR) is 125 cm³/mol. The molecule has 34 heavy (non-hydrogen) atoms. The maximum Gasteiger partial charge on any atom is 0.229 e. The topological polar surface area (TPSA) is 127 Å². The molecule has 182 valence electrons. The summed E-state index contributed by atoms with van der Waals surface area (Å²) in [5.41, 5.74) is 0.817. The lowest BCUT2D eigenvalue weighted by Crippen LogP contribution is -2.55. The molecule has 0 saturated carbocycles. The van der Waals surface area contributed by atoms with Gasteiger partial charge in [-0.25, -0.2) is 9.37 Å². The Hall–Kier alpha value is -3.00. The van der Waals surface area contributed by atoms with E-state index in [4.69, 9.17) is 9.84 Å². The summed E-state index contributed by atoms with van der Waals surface area (Å²) in [5.74, 6) is 0.128. The van der Waals surface area contributed by atoms with Crippen molar-refractivity contribution in [3.63, 3.8) is 0 Å². The van der Waals surface area contributed by atoms with Crippen molar-refractivity contribution >= 4 is 17.5 Å². The minimum Gasteiger partial charge on any atom is -0.489 e. The van der Waals surface area contributed by atoms with Gasteiger partial charge in [0.05, 0.1) is 18.4 Å². The quantitative estimate of drug-likeness (QED) is 0.461. The van der Waals surface area contributed by atoms with E-state index in [0.29, 0.717) is 11.7 Å². The fourth-order valence-electron chi connectivity index (χ4n) is 5.03. The van der Waals surface area contributed by atoms with Crippen LogP contribution in [0, 0.1) is 17.1 Å². The first-order valence-electron chi connectivity index (χ1n) is 11.6. The summed E-state index contributed by atoms with van der Waals surface area (Å²) in [6.07, 6.45) is 4.32. The first-order valence-corrected chi connectivity index (χ1v) is 11.6. The number of aliphatic hydroxyl groups excluding tert-OH is 2. The molecule has 2 saturated heterocycles. The number of rotatable bonds is 8. The molecule has 4 rings (SSSR count). The van der Waals surface area contributed by atoms with Crippen LogP contribution in [0.1, 0.15) is 45.1 Å². The van der Waals surface area contributed by atoms with E-state index in [1.54, 1.807) is 18.2 Å². The summed E-state index contributed by atoms with van der Waals surface area (Å²) < 4.78 is 19.9. The normalized spacial score (nSPS) is 22.5. The lowest BCUT2D eigenvalue weighted by atomic mass is 9.84. The summed E-state index contributed by atoms with van der Waals surface area (Å²) in [5, 5.41) is 34.1. The molecule has 4 N–H and O–H groups in total. The molecule has 10 heteroatoms. The van der Waals surface area contributed by atoms with Crippen molar-refractivity contribution in [2.75, 3.05) is 30.4 Å². The molecule has 2 fully saturated rings. The van der Waals surface area contributed by atoms with Crippen LogP contribution in [0.25, 0.3) is 0 Å². The van der Waals surface area contributed by atoms with Crippen LogP contribution in [0.4, 0.5) is 21.8 Å². The lowest BCUT2D eigenvalue weighted by molar-refractivity contribution is 0.0500. The van der Waals surface area contributed by atoms with Crippen LogP contribution in [0.2, 0.25) is 0 Å². The van der Waals surface area contributed by atoms with Crippen molar-refractivity contribution in [1.82, 2.24) is 14.9 Å². The van der Waals surface area contributed by atoms with Gasteiger partial charge in [-0.2, -0.15) is 10.2 Å². The molecule has 0 aliphatic carbocycles. The summed E-state index contributed by atoms with van der Waals surface area (Å²) in [7, 11) is 0. The van der Waals surface area contributed by atoms with E-state index < -0.39 is 18.5 Å². The van der Waals surface area contributed by atoms with Crippen LogP contribution in [-0.4, -0.2) is 68.6 Å². The van der Waals surface area contributed by atoms with Crippen LogP contribution in [-0.2, 0) is 0 Å². The third-order valence-electron chi connectivity index (χ3n) is 6.54. The predicted octanol–water partition coefficient (Wildman–Crippen LogP) is 2.78. The van der Waals surface area contributed by atoms with Gasteiger partial charge in [0.25, 0.3) is 0 Å². The van der Waals surface area contributed by atoms with Crippen molar-refractivity contribution in [3.05, 3.63) is 35.8 Å². The van der Waals surface area contributed by atoms with Crippen LogP contribution in [0.15, 0.2) is 24.4 Å². The summed E-state index contributed by atoms with van der Waals surface area (Å²) in [6, 6.07) is 7.45. The second kappa shape index (κ2) is 10.1. The number of nitrogens with one attached hydrogen (secondary N) is 2. The highest BCUT2D eigenvalue weighted by Gasteiger charge is 2.43. The Kier molecular flexibility index (Phi) is 7.16. The number of hydrogen-bond acceptors (Lipinski definition) is 9. The van der Waals surface area contributed by atoms with Gasteiger partial charge in [-0.15, -0.1) is 0 Å². The minimum atomic E-state index is -1.03. The van der Waals surface area contributed by atoms with Gasteiger partial charge in [0, 0.05) is 23.3 Å². The number of fused-ring (bicyclic) bond motifs is 1. The molecule has 3 heterocycles. The first-order chi connectivity index (χ1) is 16.3. The molecule has 2 aromatic rings. The van der Waals surface area contributed by atoms with Crippen LogP contribution >= 0.6 is 0 Å². The Balaban J connectivity index is 1.46. The Bertz CT molecular complexity index is 1060. The number of benzene rings is 1. The fourth-order valence-corrected chi connectivity index (χ4v) is 5.03. The number of anilines is 3. The van der Waals surface area contributed by atoms with Gasteiger partial charge in [-0.3, -0.25) is 4.90 Å². The molecule has 3 atom stereocenters. The Morgan fingerprint density at radius 3 is 3.00 bits per heavy atom. The number of ether oxygens (including phenoxy) is 1. The van der Waals surface area contributed by atoms with Gasteiger partial charge < -0.3 is 25.6 Å². The zero-order chi connectivity index (χ0) is 24.3. The maximum absolute atomic E-state index is 14.6. The molecule has 9 nitrogen and oxygen atoms in total. The van der Waals surface area contributed by atoms with Crippen molar-refractivity contribution in [2.45, 2.75) is 63.3 Å². The van der Waals surface area contributed by atoms with Gasteiger partial charge in [0.1, 0.15) is 24.5 Å². The summed E-state index contributed by atoms with van der Waals surface area (Å²) in [6.45, 7) is 5.04. The summed E-state index contributed by atoms with van der Waals surface area (Å²) >= 11 is 0. The molecule has 0 radical (unpaired) electrons. The third-order valence-corrected chi connectivity index (χ3v) is 6.54. The largest absolute Gasteiger partial charge is 0.489 e. The highest BCUT2D eigenvalue weighted by Crippen LogP contribution is 2.38. The molecule has 2 aliphatic rings. The molecular formula is C24H31FN6O3. The second-order valence-corrected chi connectivity index (χ2v) is 9.57. The number of nitrogens with zero attached hydrogens (tertiary/aromatic N) is 4. The number of aromatic nitrogens is 2. The third kappa shape index (κ3) is 5.38. The Morgan fingerprint density at radius 1 is 1.41 bits per heavy atom. The van der Waals surface area contributed by atoms with Crippen molar-refractivity contribution in [3.8, 4) is 11.8 Å². The second-order valence-electron chi connectivity index (χ2n) is 9.57. The standard InChI is InChI=1S/C24H31FN6O3/c1-24(2)10-17(9-18-4-3-7-31(18)24)28-22-20(25)12-27-23(30-22)29-16-5-6-21(15(8-16)11-26)34-14-19(33)13-32/h5-6,8,12,17-19,32-33H,3-4,7,9-10,13-14H2,1-2H3,(H2,27,28,29,30). The average molecular weight is 471 g/mol. The van der Waals surface area contributed by atoms with Crippen molar-refractivity contribution < 1.29 is 19.3 Å². The molecule has 0 spiro atoms. The smallest absolute Gasteiger partial charge is 0.229 e. The number of hydrogen-bond donors (Lipinski definition) is 4. The van der Waals surface area contributed by atoms with Crippen molar-refractivity contribution in [2.24, 2.45) is 0 Å². The van der Waals surface area contributed by atoms with Gasteiger partial charge in [0.2, 0.25) is 5.95 Å². The van der Waals surface area contributed by atoms with E-state index in [1.807, 2.05) is 6.07 Å². The number of piperidine rings is 1. The SMILES string of the molecule is CC1(C)CC(Nc2nc(Nc3ccc(OCC(O)CO)c(C#N)c3)ncc2F)CC2CCCN21. The zero-order valence-electron chi connectivity index (χ0n) is 19.5. The lowest BCUT2D eigenvalue weighted by Gasteiger charge is -2.47. The van der Waals surface area contributed by atoms with Gasteiger partial charge in [0.15, 0.2) is 11.6 Å². The van der Waals surface area contributed by atoms with Gasteiger partial charge in [-0.1, -0.05) is 0 Å². The minimum absolute atomic E-state index is 0.0480. The van der Waals surface area contributed by atoms with Crippen LogP contribution < -0.4 is 15.4 Å². The van der Waals surface area contributed by atoms with Gasteiger partial charge in [-0.05, 0) is 64.3 Å². The molecule has 3 unspecified atom stereocenters. The average Bonchev–Trinajstić information content (AvgIpc) is 3.29. The van der Waals surface area contributed by atoms with E-state index in [-0.39, 0.29) is 41.3 Å². The van der Waals surface area contributed by atoms with Crippen molar-refractivity contribution in [1.29, 1.82) is 5.26 Å². The number of nitriles is 1. The molecular weight excluding hydrogens is 439 g/mol. The Labute approximate surface area is 198 Å². The van der Waals surface area contributed by atoms with E-state index in [1.165, 1.54) is 12.8 Å². The number of aliphatic hydroxyl groups is 2. The highest BCUT2D eigenvalue weighted by molar-refractivity contribution is 5.61. The van der Waals surface area contributed by atoms with Crippen LogP contribution in [0.5, 0.6) is 5.75 Å². The molecule has 1 aromatic carbocycles. The zero-order valence-corrected chi connectivity index (χ0v) is 19.5. The Morgan fingerprint density at radius 2 is 2.24 bits per heavy atom. The van der Waals surface area contributed by atoms with E-state index in [0.717, 1.165) is 25.6 Å². The summed E-state index contributed by atoms with van der Waals surface area (Å²) in [4.78, 5) is 11.0. The molecule has 0 bridgehead atoms. The monoisotopic (exact) mass is 470 g/mol. The highest BCUT2D eigenvalue weighted by atomic mass is 19.1. The van der Waals surface area contributed by atoms with E-state index in [9.17, 15) is 14.8 Å². The van der Waals surface area contributed by atoms with Gasteiger partial charge >= 0.3 is 0 Å². The van der Waals surface area contributed by atoms with E-state index >= 15 is 0 Å². The number of halogens is 1. The first kappa shape index (κ1) is 24.1. The fraction of sp³-hybridized carbons (Fsp3) is 0.542.